The first-order chi connectivity index (χ1) is 13.7. The zero-order valence-corrected chi connectivity index (χ0v) is 15.1. The summed E-state index contributed by atoms with van der Waals surface area (Å²) in [4.78, 5) is 28.2. The molecule has 142 valence electrons. The summed E-state index contributed by atoms with van der Waals surface area (Å²) in [6.07, 6.45) is 6.32. The zero-order chi connectivity index (χ0) is 19.3. The SMILES string of the molecule is O=C(CCn1c(=O)oc2ccccc21)Nc1ccn(CCc2ccncc2)n1. The van der Waals surface area contributed by atoms with Crippen LogP contribution in [0.2, 0.25) is 0 Å². The average Bonchev–Trinajstić information content (AvgIpc) is 3.28. The Morgan fingerprint density at radius 1 is 1.07 bits per heavy atom. The lowest BCUT2D eigenvalue weighted by molar-refractivity contribution is -0.116. The molecular weight excluding hydrogens is 358 g/mol. The third-order valence-electron chi connectivity index (χ3n) is 4.42. The molecule has 0 unspecified atom stereocenters. The molecule has 0 saturated heterocycles. The third kappa shape index (κ3) is 4.01. The normalized spacial score (nSPS) is 11.0. The van der Waals surface area contributed by atoms with E-state index in [1.54, 1.807) is 41.3 Å². The number of hydrogen-bond acceptors (Lipinski definition) is 5. The van der Waals surface area contributed by atoms with E-state index in [2.05, 4.69) is 15.4 Å². The largest absolute Gasteiger partial charge is 0.419 e. The Hall–Kier alpha value is -3.68. The smallest absolute Gasteiger partial charge is 0.408 e. The predicted octanol–water partition coefficient (Wildman–Crippen LogP) is 2.46. The minimum absolute atomic E-state index is 0.146. The number of carbonyl (C=O) groups is 1. The number of carbonyl (C=O) groups excluding carboxylic acids is 1. The maximum atomic E-state index is 12.2. The van der Waals surface area contributed by atoms with Crippen LogP contribution >= 0.6 is 0 Å². The first kappa shape index (κ1) is 17.7. The van der Waals surface area contributed by atoms with Crippen LogP contribution in [-0.2, 0) is 24.3 Å². The van der Waals surface area contributed by atoms with Crippen LogP contribution in [0.25, 0.3) is 11.1 Å². The summed E-state index contributed by atoms with van der Waals surface area (Å²) in [5.41, 5.74) is 2.37. The van der Waals surface area contributed by atoms with Crippen molar-refractivity contribution in [1.82, 2.24) is 19.3 Å². The molecule has 0 aliphatic carbocycles. The quantitative estimate of drug-likeness (QED) is 0.534. The second-order valence-electron chi connectivity index (χ2n) is 6.36. The van der Waals surface area contributed by atoms with Crippen LogP contribution in [0.3, 0.4) is 0 Å². The molecule has 0 radical (unpaired) electrons. The van der Waals surface area contributed by atoms with Crippen molar-refractivity contribution in [3.8, 4) is 0 Å². The highest BCUT2D eigenvalue weighted by Crippen LogP contribution is 2.12. The van der Waals surface area contributed by atoms with E-state index in [0.717, 1.165) is 6.42 Å². The number of rotatable bonds is 7. The number of oxazole rings is 1. The van der Waals surface area contributed by atoms with E-state index in [9.17, 15) is 9.59 Å². The van der Waals surface area contributed by atoms with Gasteiger partial charge in [0.15, 0.2) is 11.4 Å². The van der Waals surface area contributed by atoms with Crippen molar-refractivity contribution in [2.45, 2.75) is 25.9 Å². The second-order valence-corrected chi connectivity index (χ2v) is 6.36. The van der Waals surface area contributed by atoms with E-state index in [1.165, 1.54) is 10.1 Å². The summed E-state index contributed by atoms with van der Waals surface area (Å²) in [7, 11) is 0. The Balaban J connectivity index is 1.32. The molecule has 3 heterocycles. The topological polar surface area (TPSA) is 94.9 Å². The van der Waals surface area contributed by atoms with E-state index in [4.69, 9.17) is 4.42 Å². The molecule has 28 heavy (non-hydrogen) atoms. The number of fused-ring (bicyclic) bond motifs is 1. The maximum Gasteiger partial charge on any atom is 0.419 e. The van der Waals surface area contributed by atoms with Gasteiger partial charge in [-0.1, -0.05) is 12.1 Å². The minimum Gasteiger partial charge on any atom is -0.408 e. The summed E-state index contributed by atoms with van der Waals surface area (Å²) in [6, 6.07) is 12.8. The van der Waals surface area contributed by atoms with Gasteiger partial charge in [0, 0.05) is 44.2 Å². The number of anilines is 1. The molecule has 0 spiro atoms. The molecule has 0 saturated carbocycles. The summed E-state index contributed by atoms with van der Waals surface area (Å²) < 4.78 is 8.41. The van der Waals surface area contributed by atoms with Gasteiger partial charge in [-0.05, 0) is 36.2 Å². The molecule has 0 fully saturated rings. The van der Waals surface area contributed by atoms with Crippen molar-refractivity contribution in [2.24, 2.45) is 0 Å². The fourth-order valence-electron chi connectivity index (χ4n) is 2.99. The van der Waals surface area contributed by atoms with Gasteiger partial charge in [-0.3, -0.25) is 19.0 Å². The lowest BCUT2D eigenvalue weighted by Gasteiger charge is -2.04. The summed E-state index contributed by atoms with van der Waals surface area (Å²) in [5.74, 6) is -0.185. The number of nitrogens with one attached hydrogen (secondary N) is 1. The van der Waals surface area contributed by atoms with Crippen molar-refractivity contribution in [1.29, 1.82) is 0 Å². The molecule has 0 atom stereocenters. The van der Waals surface area contributed by atoms with Crippen LogP contribution in [0.15, 0.2) is 70.3 Å². The molecule has 0 aliphatic heterocycles. The molecule has 3 aromatic heterocycles. The van der Waals surface area contributed by atoms with Gasteiger partial charge < -0.3 is 9.73 Å². The predicted molar refractivity (Wildman–Crippen MR) is 104 cm³/mol. The number of hydrogen-bond donors (Lipinski definition) is 1. The van der Waals surface area contributed by atoms with Gasteiger partial charge in [0.2, 0.25) is 5.91 Å². The highest BCUT2D eigenvalue weighted by Gasteiger charge is 2.11. The van der Waals surface area contributed by atoms with Crippen molar-refractivity contribution in [3.05, 3.63) is 77.2 Å². The molecule has 1 amide bonds. The molecule has 8 heteroatoms. The lowest BCUT2D eigenvalue weighted by atomic mass is 10.2. The number of nitrogens with zero attached hydrogens (tertiary/aromatic N) is 4. The van der Waals surface area contributed by atoms with Crippen LogP contribution in [0.1, 0.15) is 12.0 Å². The zero-order valence-electron chi connectivity index (χ0n) is 15.1. The molecule has 1 aromatic carbocycles. The van der Waals surface area contributed by atoms with Gasteiger partial charge >= 0.3 is 5.76 Å². The molecule has 4 rings (SSSR count). The van der Waals surface area contributed by atoms with Crippen molar-refractivity contribution in [3.63, 3.8) is 0 Å². The fraction of sp³-hybridized carbons (Fsp3) is 0.200. The number of amides is 1. The second kappa shape index (κ2) is 7.91. The van der Waals surface area contributed by atoms with Gasteiger partial charge in [-0.15, -0.1) is 0 Å². The van der Waals surface area contributed by atoms with E-state index < -0.39 is 5.76 Å². The van der Waals surface area contributed by atoms with Gasteiger partial charge in [0.05, 0.1) is 5.52 Å². The first-order valence-corrected chi connectivity index (χ1v) is 8.99. The van der Waals surface area contributed by atoms with Crippen LogP contribution in [-0.4, -0.2) is 25.2 Å². The van der Waals surface area contributed by atoms with Crippen LogP contribution in [0.5, 0.6) is 0 Å². The Morgan fingerprint density at radius 3 is 2.75 bits per heavy atom. The lowest BCUT2D eigenvalue weighted by Crippen LogP contribution is -2.20. The minimum atomic E-state index is -0.464. The molecular formula is C20H19N5O3. The van der Waals surface area contributed by atoms with Crippen molar-refractivity contribution >= 4 is 22.8 Å². The van der Waals surface area contributed by atoms with Crippen molar-refractivity contribution in [2.75, 3.05) is 5.32 Å². The van der Waals surface area contributed by atoms with E-state index in [-0.39, 0.29) is 18.9 Å². The van der Waals surface area contributed by atoms with Gasteiger partial charge in [0.25, 0.3) is 0 Å². The number of aromatic nitrogens is 4. The summed E-state index contributed by atoms with van der Waals surface area (Å²) in [6.45, 7) is 0.945. The van der Waals surface area contributed by atoms with E-state index in [0.29, 0.717) is 23.5 Å². The number of pyridine rings is 1. The Labute approximate surface area is 160 Å². The Morgan fingerprint density at radius 2 is 1.89 bits per heavy atom. The van der Waals surface area contributed by atoms with Gasteiger partial charge in [-0.2, -0.15) is 5.10 Å². The molecule has 0 aliphatic rings. The van der Waals surface area contributed by atoms with Gasteiger partial charge in [-0.25, -0.2) is 4.79 Å². The van der Waals surface area contributed by atoms with Crippen LogP contribution < -0.4 is 11.1 Å². The summed E-state index contributed by atoms with van der Waals surface area (Å²) in [5, 5.41) is 7.12. The number of para-hydroxylation sites is 2. The monoisotopic (exact) mass is 377 g/mol. The van der Waals surface area contributed by atoms with Crippen molar-refractivity contribution < 1.29 is 9.21 Å². The number of benzene rings is 1. The molecule has 0 bridgehead atoms. The highest BCUT2D eigenvalue weighted by molar-refractivity contribution is 5.89. The Kier molecular flexibility index (Phi) is 5.01. The molecule has 4 aromatic rings. The average molecular weight is 377 g/mol. The first-order valence-electron chi connectivity index (χ1n) is 8.99. The third-order valence-corrected chi connectivity index (χ3v) is 4.42. The van der Waals surface area contributed by atoms with Crippen LogP contribution in [0, 0.1) is 0 Å². The summed E-state index contributed by atoms with van der Waals surface area (Å²) >= 11 is 0. The maximum absolute atomic E-state index is 12.2. The standard InChI is InChI=1S/C20H19N5O3/c26-19(9-14-25-16-3-1-2-4-17(16)28-20(25)27)22-18-8-13-24(23-18)12-7-15-5-10-21-11-6-15/h1-6,8,10-11,13H,7,9,12,14H2,(H,22,23,26). The molecule has 1 N–H and O–H groups in total. The van der Waals surface area contributed by atoms with E-state index in [1.807, 2.05) is 24.4 Å². The van der Waals surface area contributed by atoms with E-state index >= 15 is 0 Å². The van der Waals surface area contributed by atoms with Crippen LogP contribution in [0.4, 0.5) is 5.82 Å². The molecule has 8 nitrogen and oxygen atoms in total. The Bertz CT molecular complexity index is 1140. The number of aryl methyl sites for hydroxylation is 3. The highest BCUT2D eigenvalue weighted by atomic mass is 16.4. The fourth-order valence-corrected chi connectivity index (χ4v) is 2.99. The van der Waals surface area contributed by atoms with Gasteiger partial charge in [0.1, 0.15) is 0 Å².